The first-order chi connectivity index (χ1) is 12.0. The first-order valence-corrected chi connectivity index (χ1v) is 7.18. The summed E-state index contributed by atoms with van der Waals surface area (Å²) in [6.45, 7) is 2.95. The largest absolute Gasteiger partial charge is 0.417 e. The third kappa shape index (κ3) is 4.84. The Morgan fingerprint density at radius 1 is 0.607 bits per heavy atom. The first-order valence-electron chi connectivity index (χ1n) is 7.18. The van der Waals surface area contributed by atoms with Crippen LogP contribution in [0.15, 0.2) is 6.07 Å². The molecule has 0 amide bonds. The van der Waals surface area contributed by atoms with Gasteiger partial charge in [-0.25, -0.2) is 0 Å². The third-order valence-corrected chi connectivity index (χ3v) is 3.63. The molecule has 0 aromatic heterocycles. The molecule has 0 aliphatic rings. The minimum atomic E-state index is -6.46. The fraction of sp³-hybridized carbons (Fsp3) is 0.600. The van der Waals surface area contributed by atoms with Crippen LogP contribution in [0.1, 0.15) is 54.7 Å². The summed E-state index contributed by atoms with van der Waals surface area (Å²) in [7, 11) is 0. The standard InChI is InChI=1S/C15H12F12O/c1-11(2,3)10(28)5-4-6(12(16,17)18)8(14(22,23)24)9(15(25,26)27)7(5)13(19,20)21/h4,10,28H,1-3H3. The van der Waals surface area contributed by atoms with Gasteiger partial charge in [-0.05, 0) is 17.0 Å². The molecule has 0 bridgehead atoms. The van der Waals surface area contributed by atoms with Crippen molar-refractivity contribution < 1.29 is 57.8 Å². The molecule has 1 rings (SSSR count). The smallest absolute Gasteiger partial charge is 0.388 e. The van der Waals surface area contributed by atoms with Crippen LogP contribution in [0, 0.1) is 5.41 Å². The van der Waals surface area contributed by atoms with Crippen LogP contribution in [0.2, 0.25) is 0 Å². The molecule has 1 unspecified atom stereocenters. The van der Waals surface area contributed by atoms with Crippen molar-refractivity contribution in [3.8, 4) is 0 Å². The number of hydrogen-bond donors (Lipinski definition) is 1. The number of halogens is 12. The molecule has 1 nitrogen and oxygen atoms in total. The van der Waals surface area contributed by atoms with E-state index in [0.717, 1.165) is 20.8 Å². The Balaban J connectivity index is 4.40. The van der Waals surface area contributed by atoms with Crippen LogP contribution in [0.4, 0.5) is 52.7 Å². The number of alkyl halides is 12. The van der Waals surface area contributed by atoms with E-state index < -0.39 is 70.1 Å². The highest BCUT2D eigenvalue weighted by molar-refractivity contribution is 5.52. The second-order valence-electron chi connectivity index (χ2n) is 6.90. The van der Waals surface area contributed by atoms with Crippen molar-refractivity contribution in [3.05, 3.63) is 33.9 Å². The number of rotatable bonds is 1. The Bertz CT molecular complexity index is 728. The van der Waals surface area contributed by atoms with E-state index >= 15 is 0 Å². The lowest BCUT2D eigenvalue weighted by Crippen LogP contribution is -2.31. The maximum Gasteiger partial charge on any atom is 0.417 e. The lowest BCUT2D eigenvalue weighted by Gasteiger charge is -2.32. The molecule has 0 radical (unpaired) electrons. The Morgan fingerprint density at radius 3 is 1.21 bits per heavy atom. The molecule has 0 saturated heterocycles. The zero-order valence-electron chi connectivity index (χ0n) is 14.1. The van der Waals surface area contributed by atoms with Crippen molar-refractivity contribution >= 4 is 0 Å². The van der Waals surface area contributed by atoms with E-state index in [4.69, 9.17) is 0 Å². The van der Waals surface area contributed by atoms with Gasteiger partial charge in [0.05, 0.1) is 28.4 Å². The highest BCUT2D eigenvalue weighted by atomic mass is 19.4. The second kappa shape index (κ2) is 6.70. The Hall–Kier alpha value is -1.66. The number of aliphatic hydroxyl groups excluding tert-OH is 1. The average molecular weight is 436 g/mol. The van der Waals surface area contributed by atoms with Crippen molar-refractivity contribution in [1.29, 1.82) is 0 Å². The van der Waals surface area contributed by atoms with Gasteiger partial charge in [-0.15, -0.1) is 0 Å². The van der Waals surface area contributed by atoms with Gasteiger partial charge in [0.15, 0.2) is 0 Å². The van der Waals surface area contributed by atoms with Gasteiger partial charge < -0.3 is 5.11 Å². The van der Waals surface area contributed by atoms with Crippen molar-refractivity contribution in [2.45, 2.75) is 51.6 Å². The maximum absolute atomic E-state index is 13.3. The van der Waals surface area contributed by atoms with E-state index in [2.05, 4.69) is 0 Å². The highest BCUT2D eigenvalue weighted by Gasteiger charge is 2.56. The van der Waals surface area contributed by atoms with E-state index in [1.165, 1.54) is 0 Å². The van der Waals surface area contributed by atoms with Gasteiger partial charge in [0, 0.05) is 0 Å². The fourth-order valence-corrected chi connectivity index (χ4v) is 2.49. The summed E-state index contributed by atoms with van der Waals surface area (Å²) in [6.07, 6.45) is -27.7. The van der Waals surface area contributed by atoms with E-state index in [1.54, 1.807) is 0 Å². The van der Waals surface area contributed by atoms with Gasteiger partial charge >= 0.3 is 24.7 Å². The summed E-state index contributed by atoms with van der Waals surface area (Å²) in [5, 5.41) is 9.96. The summed E-state index contributed by atoms with van der Waals surface area (Å²) in [5.41, 5.74) is -16.7. The summed E-state index contributed by atoms with van der Waals surface area (Å²) in [4.78, 5) is 0. The maximum atomic E-state index is 13.3. The molecule has 28 heavy (non-hydrogen) atoms. The monoisotopic (exact) mass is 436 g/mol. The lowest BCUT2D eigenvalue weighted by molar-refractivity contribution is -0.183. The van der Waals surface area contributed by atoms with Crippen LogP contribution >= 0.6 is 0 Å². The van der Waals surface area contributed by atoms with Gasteiger partial charge in [0.2, 0.25) is 0 Å². The van der Waals surface area contributed by atoms with Crippen molar-refractivity contribution in [3.63, 3.8) is 0 Å². The van der Waals surface area contributed by atoms with Crippen LogP contribution in [-0.2, 0) is 24.7 Å². The normalized spacial score (nSPS) is 15.7. The molecule has 162 valence electrons. The van der Waals surface area contributed by atoms with Gasteiger partial charge in [0.25, 0.3) is 0 Å². The molecule has 0 aliphatic carbocycles. The first kappa shape index (κ1) is 24.4. The molecule has 1 N–H and O–H groups in total. The predicted molar refractivity (Wildman–Crippen MR) is 70.9 cm³/mol. The quantitative estimate of drug-likeness (QED) is 0.478. The number of hydrogen-bond acceptors (Lipinski definition) is 1. The Labute approximate surface area is 149 Å². The molecule has 1 aromatic rings. The minimum absolute atomic E-state index is 0.725. The molecule has 13 heteroatoms. The van der Waals surface area contributed by atoms with E-state index in [9.17, 15) is 57.8 Å². The van der Waals surface area contributed by atoms with Crippen LogP contribution in [0.3, 0.4) is 0 Å². The molecule has 1 atom stereocenters. The number of benzene rings is 1. The Morgan fingerprint density at radius 2 is 0.964 bits per heavy atom. The van der Waals surface area contributed by atoms with Crippen molar-refractivity contribution in [1.82, 2.24) is 0 Å². The second-order valence-corrected chi connectivity index (χ2v) is 6.90. The molecule has 0 heterocycles. The predicted octanol–water partition coefficient (Wildman–Crippen LogP) is 6.84. The summed E-state index contributed by atoms with van der Waals surface area (Å²) in [6, 6.07) is -0.725. The molecule has 0 spiro atoms. The van der Waals surface area contributed by atoms with E-state index in [0.29, 0.717) is 0 Å². The topological polar surface area (TPSA) is 20.2 Å². The van der Waals surface area contributed by atoms with Crippen LogP contribution < -0.4 is 0 Å². The van der Waals surface area contributed by atoms with Crippen LogP contribution in [-0.4, -0.2) is 5.11 Å². The highest BCUT2D eigenvalue weighted by Crippen LogP contribution is 2.54. The molecule has 0 saturated carbocycles. The van der Waals surface area contributed by atoms with Crippen molar-refractivity contribution in [2.75, 3.05) is 0 Å². The molecular weight excluding hydrogens is 424 g/mol. The molecule has 0 aliphatic heterocycles. The SMILES string of the molecule is CC(C)(C)C(O)c1cc(C(F)(F)F)c(C(F)(F)F)c(C(F)(F)F)c1C(F)(F)F. The van der Waals surface area contributed by atoms with E-state index in [-0.39, 0.29) is 0 Å². The number of aliphatic hydroxyl groups is 1. The lowest BCUT2D eigenvalue weighted by atomic mass is 9.79. The third-order valence-electron chi connectivity index (χ3n) is 3.63. The van der Waals surface area contributed by atoms with Gasteiger partial charge in [-0.2, -0.15) is 52.7 Å². The summed E-state index contributed by atoms with van der Waals surface area (Å²) >= 11 is 0. The van der Waals surface area contributed by atoms with E-state index in [1.807, 2.05) is 0 Å². The zero-order chi connectivity index (χ0) is 22.7. The van der Waals surface area contributed by atoms with Gasteiger partial charge in [-0.3, -0.25) is 0 Å². The van der Waals surface area contributed by atoms with Gasteiger partial charge in [-0.1, -0.05) is 20.8 Å². The summed E-state index contributed by atoms with van der Waals surface area (Å²) < 4.78 is 158. The van der Waals surface area contributed by atoms with Crippen molar-refractivity contribution in [2.24, 2.45) is 5.41 Å². The van der Waals surface area contributed by atoms with Crippen LogP contribution in [0.25, 0.3) is 0 Å². The summed E-state index contributed by atoms with van der Waals surface area (Å²) in [5.74, 6) is 0. The van der Waals surface area contributed by atoms with Gasteiger partial charge in [0.1, 0.15) is 0 Å². The van der Waals surface area contributed by atoms with Crippen LogP contribution in [0.5, 0.6) is 0 Å². The fourth-order valence-electron chi connectivity index (χ4n) is 2.49. The molecule has 1 aromatic carbocycles. The molecule has 0 fully saturated rings. The average Bonchev–Trinajstić information content (AvgIpc) is 2.39. The zero-order valence-corrected chi connectivity index (χ0v) is 14.1. The molecular formula is C15H12F12O. The minimum Gasteiger partial charge on any atom is -0.388 e. The Kier molecular flexibility index (Phi) is 5.83.